The van der Waals surface area contributed by atoms with Crippen molar-refractivity contribution < 1.29 is 19.0 Å². The van der Waals surface area contributed by atoms with Crippen molar-refractivity contribution in [2.45, 2.75) is 19.1 Å². The molecule has 2 rings (SSSR count). The summed E-state index contributed by atoms with van der Waals surface area (Å²) < 4.78 is 15.7. The van der Waals surface area contributed by atoms with Crippen molar-refractivity contribution >= 4 is 6.09 Å². The summed E-state index contributed by atoms with van der Waals surface area (Å²) in [5.41, 5.74) is 0. The Morgan fingerprint density at radius 2 is 2.07 bits per heavy atom. The second-order valence-corrected chi connectivity index (χ2v) is 3.68. The van der Waals surface area contributed by atoms with Crippen molar-refractivity contribution in [2.24, 2.45) is 0 Å². The van der Waals surface area contributed by atoms with Gasteiger partial charge in [0.1, 0.15) is 6.61 Å². The van der Waals surface area contributed by atoms with E-state index < -0.39 is 5.79 Å². The molecular weight excluding hydrogens is 186 g/mol. The van der Waals surface area contributed by atoms with Crippen LogP contribution in [0.4, 0.5) is 4.79 Å². The molecule has 0 saturated carbocycles. The van der Waals surface area contributed by atoms with E-state index in [1.807, 2.05) is 6.92 Å². The predicted molar refractivity (Wildman–Crippen MR) is 47.8 cm³/mol. The Labute approximate surface area is 82.9 Å². The standard InChI is InChI=1S/C9H15NO4/c1-9(13-6-7-14-9)2-3-10-4-5-12-8(10)11/h2-7H2,1H3. The first kappa shape index (κ1) is 9.73. The average molecular weight is 201 g/mol. The zero-order valence-electron chi connectivity index (χ0n) is 8.32. The largest absolute Gasteiger partial charge is 0.448 e. The van der Waals surface area contributed by atoms with Crippen LogP contribution < -0.4 is 0 Å². The second-order valence-electron chi connectivity index (χ2n) is 3.68. The Morgan fingerprint density at radius 1 is 1.36 bits per heavy atom. The van der Waals surface area contributed by atoms with Crippen LogP contribution in [-0.2, 0) is 14.2 Å². The van der Waals surface area contributed by atoms with Crippen LogP contribution in [0.15, 0.2) is 0 Å². The number of carbonyl (C=O) groups excluding carboxylic acids is 1. The van der Waals surface area contributed by atoms with Gasteiger partial charge in [0.25, 0.3) is 0 Å². The molecule has 0 aromatic heterocycles. The van der Waals surface area contributed by atoms with Crippen LogP contribution >= 0.6 is 0 Å². The molecular formula is C9H15NO4. The zero-order chi connectivity index (χ0) is 10.0. The Hall–Kier alpha value is -0.810. The van der Waals surface area contributed by atoms with E-state index in [0.29, 0.717) is 39.3 Å². The van der Waals surface area contributed by atoms with Gasteiger partial charge in [-0.05, 0) is 6.92 Å². The average Bonchev–Trinajstić information content (AvgIpc) is 2.73. The van der Waals surface area contributed by atoms with Gasteiger partial charge in [-0.1, -0.05) is 0 Å². The molecule has 0 spiro atoms. The molecule has 5 heteroatoms. The molecule has 2 aliphatic rings. The van der Waals surface area contributed by atoms with E-state index >= 15 is 0 Å². The van der Waals surface area contributed by atoms with Crippen LogP contribution in [0.2, 0.25) is 0 Å². The molecule has 2 heterocycles. The number of amides is 1. The van der Waals surface area contributed by atoms with Crippen molar-refractivity contribution in [2.75, 3.05) is 32.9 Å². The van der Waals surface area contributed by atoms with E-state index in [2.05, 4.69) is 0 Å². The van der Waals surface area contributed by atoms with Crippen LogP contribution in [-0.4, -0.2) is 49.7 Å². The molecule has 0 aromatic rings. The molecule has 1 amide bonds. The highest BCUT2D eigenvalue weighted by atomic mass is 16.7. The molecule has 5 nitrogen and oxygen atoms in total. The van der Waals surface area contributed by atoms with Gasteiger partial charge in [-0.15, -0.1) is 0 Å². The quantitative estimate of drug-likeness (QED) is 0.670. The summed E-state index contributed by atoms with van der Waals surface area (Å²) in [5, 5.41) is 0. The van der Waals surface area contributed by atoms with E-state index in [9.17, 15) is 4.79 Å². The summed E-state index contributed by atoms with van der Waals surface area (Å²) in [6.07, 6.45) is 0.467. The normalized spacial score (nSPS) is 25.5. The molecule has 2 aliphatic heterocycles. The monoisotopic (exact) mass is 201 g/mol. The smallest absolute Gasteiger partial charge is 0.409 e. The van der Waals surface area contributed by atoms with Crippen LogP contribution in [0.25, 0.3) is 0 Å². The summed E-state index contributed by atoms with van der Waals surface area (Å²) in [4.78, 5) is 12.8. The fourth-order valence-electron chi connectivity index (χ4n) is 1.67. The molecule has 0 aromatic carbocycles. The maximum Gasteiger partial charge on any atom is 0.409 e. The molecule has 2 fully saturated rings. The van der Waals surface area contributed by atoms with Gasteiger partial charge in [0.2, 0.25) is 0 Å². The lowest BCUT2D eigenvalue weighted by Gasteiger charge is -2.24. The SMILES string of the molecule is CC1(CCN2CCOC2=O)OCCO1. The van der Waals surface area contributed by atoms with Crippen LogP contribution in [0.1, 0.15) is 13.3 Å². The zero-order valence-corrected chi connectivity index (χ0v) is 8.32. The lowest BCUT2D eigenvalue weighted by Crippen LogP contribution is -2.34. The van der Waals surface area contributed by atoms with Crippen molar-refractivity contribution in [1.82, 2.24) is 4.90 Å². The van der Waals surface area contributed by atoms with E-state index in [1.54, 1.807) is 4.90 Å². The van der Waals surface area contributed by atoms with Gasteiger partial charge in [0, 0.05) is 13.0 Å². The maximum absolute atomic E-state index is 11.1. The van der Waals surface area contributed by atoms with Gasteiger partial charge in [-0.25, -0.2) is 4.79 Å². The number of cyclic esters (lactones) is 1. The molecule has 2 saturated heterocycles. The Morgan fingerprint density at radius 3 is 2.64 bits per heavy atom. The number of rotatable bonds is 3. The van der Waals surface area contributed by atoms with E-state index in [0.717, 1.165) is 0 Å². The number of ether oxygens (including phenoxy) is 3. The summed E-state index contributed by atoms with van der Waals surface area (Å²) in [6, 6.07) is 0. The van der Waals surface area contributed by atoms with E-state index in [-0.39, 0.29) is 6.09 Å². The molecule has 0 aliphatic carbocycles. The molecule has 0 bridgehead atoms. The first-order chi connectivity index (χ1) is 6.70. The third kappa shape index (κ3) is 1.99. The Balaban J connectivity index is 1.78. The van der Waals surface area contributed by atoms with Gasteiger partial charge < -0.3 is 19.1 Å². The lowest BCUT2D eigenvalue weighted by atomic mass is 10.2. The maximum atomic E-state index is 11.1. The fraction of sp³-hybridized carbons (Fsp3) is 0.889. The summed E-state index contributed by atoms with van der Waals surface area (Å²) in [6.45, 7) is 4.99. The summed E-state index contributed by atoms with van der Waals surface area (Å²) in [5.74, 6) is -0.511. The molecule has 0 radical (unpaired) electrons. The van der Waals surface area contributed by atoms with Crippen molar-refractivity contribution in [3.8, 4) is 0 Å². The minimum Gasteiger partial charge on any atom is -0.448 e. The van der Waals surface area contributed by atoms with Gasteiger partial charge in [-0.2, -0.15) is 0 Å². The molecule has 0 unspecified atom stereocenters. The van der Waals surface area contributed by atoms with Gasteiger partial charge in [0.15, 0.2) is 5.79 Å². The molecule has 0 N–H and O–H groups in total. The van der Waals surface area contributed by atoms with Crippen molar-refractivity contribution in [3.05, 3.63) is 0 Å². The van der Waals surface area contributed by atoms with Crippen molar-refractivity contribution in [3.63, 3.8) is 0 Å². The molecule has 80 valence electrons. The van der Waals surface area contributed by atoms with Gasteiger partial charge in [-0.3, -0.25) is 0 Å². The number of carbonyl (C=O) groups is 1. The van der Waals surface area contributed by atoms with E-state index in [1.165, 1.54) is 0 Å². The van der Waals surface area contributed by atoms with Gasteiger partial charge >= 0.3 is 6.09 Å². The van der Waals surface area contributed by atoms with Gasteiger partial charge in [0.05, 0.1) is 19.8 Å². The highest BCUT2D eigenvalue weighted by Gasteiger charge is 2.33. The predicted octanol–water partition coefficient (Wildman–Crippen LogP) is 0.592. The van der Waals surface area contributed by atoms with E-state index in [4.69, 9.17) is 14.2 Å². The fourth-order valence-corrected chi connectivity index (χ4v) is 1.67. The number of hydrogen-bond acceptors (Lipinski definition) is 4. The summed E-state index contributed by atoms with van der Waals surface area (Å²) in [7, 11) is 0. The topological polar surface area (TPSA) is 48.0 Å². The molecule has 14 heavy (non-hydrogen) atoms. The first-order valence-corrected chi connectivity index (χ1v) is 4.89. The molecule has 0 atom stereocenters. The highest BCUT2D eigenvalue weighted by Crippen LogP contribution is 2.23. The third-order valence-corrected chi connectivity index (χ3v) is 2.58. The Bertz CT molecular complexity index is 225. The third-order valence-electron chi connectivity index (χ3n) is 2.58. The highest BCUT2D eigenvalue weighted by molar-refractivity contribution is 5.69. The van der Waals surface area contributed by atoms with Crippen LogP contribution in [0.3, 0.4) is 0 Å². The summed E-state index contributed by atoms with van der Waals surface area (Å²) >= 11 is 0. The lowest BCUT2D eigenvalue weighted by molar-refractivity contribution is -0.148. The number of hydrogen-bond donors (Lipinski definition) is 0. The van der Waals surface area contributed by atoms with Crippen molar-refractivity contribution in [1.29, 1.82) is 0 Å². The second kappa shape index (κ2) is 3.74. The minimum absolute atomic E-state index is 0.230. The number of nitrogens with zero attached hydrogens (tertiary/aromatic N) is 1. The van der Waals surface area contributed by atoms with Crippen LogP contribution in [0.5, 0.6) is 0 Å². The Kier molecular flexibility index (Phi) is 2.60. The minimum atomic E-state index is -0.511. The first-order valence-electron chi connectivity index (χ1n) is 4.89. The van der Waals surface area contributed by atoms with Crippen LogP contribution in [0, 0.1) is 0 Å².